The Morgan fingerprint density at radius 2 is 1.89 bits per heavy atom. The van der Waals surface area contributed by atoms with Crippen molar-refractivity contribution >= 4 is 51.9 Å². The summed E-state index contributed by atoms with van der Waals surface area (Å²) < 4.78 is 0. The summed E-state index contributed by atoms with van der Waals surface area (Å²) in [7, 11) is 0. The number of thiocarbonyl (C=S) groups is 1. The van der Waals surface area contributed by atoms with E-state index in [0.717, 1.165) is 16.9 Å². The highest BCUT2D eigenvalue weighted by molar-refractivity contribution is 7.98. The Labute approximate surface area is 127 Å². The smallest absolute Gasteiger partial charge is 0.106 e. The molecule has 5 heteroatoms. The maximum Gasteiger partial charge on any atom is 0.106 e. The van der Waals surface area contributed by atoms with E-state index in [-0.39, 0.29) is 0 Å². The largest absolute Gasteiger partial charge is 0.389 e. The SMILES string of the molecule is CSc1ccc(Nc2cc(Cl)ccc2C(N)=S)cc1. The monoisotopic (exact) mass is 308 g/mol. The molecule has 0 radical (unpaired) electrons. The molecule has 0 saturated carbocycles. The molecule has 0 aromatic heterocycles. The Morgan fingerprint density at radius 3 is 2.47 bits per heavy atom. The van der Waals surface area contributed by atoms with Gasteiger partial charge >= 0.3 is 0 Å². The van der Waals surface area contributed by atoms with E-state index in [0.29, 0.717) is 10.0 Å². The zero-order valence-corrected chi connectivity index (χ0v) is 12.7. The average molecular weight is 309 g/mol. The predicted molar refractivity (Wildman–Crippen MR) is 88.8 cm³/mol. The third-order valence-corrected chi connectivity index (χ3v) is 3.81. The summed E-state index contributed by atoms with van der Waals surface area (Å²) >= 11 is 12.8. The van der Waals surface area contributed by atoms with E-state index in [9.17, 15) is 0 Å². The molecule has 2 nitrogen and oxygen atoms in total. The van der Waals surface area contributed by atoms with Crippen molar-refractivity contribution in [1.29, 1.82) is 0 Å². The number of rotatable bonds is 4. The molecule has 0 bridgehead atoms. The molecule has 19 heavy (non-hydrogen) atoms. The zero-order chi connectivity index (χ0) is 13.8. The molecule has 0 amide bonds. The Hall–Kier alpha value is -1.23. The van der Waals surface area contributed by atoms with Crippen LogP contribution in [-0.2, 0) is 0 Å². The van der Waals surface area contributed by atoms with Crippen LogP contribution in [0.25, 0.3) is 0 Å². The van der Waals surface area contributed by atoms with Crippen LogP contribution < -0.4 is 11.1 Å². The lowest BCUT2D eigenvalue weighted by atomic mass is 10.1. The molecule has 0 aliphatic heterocycles. The van der Waals surface area contributed by atoms with Crippen LogP contribution in [0.2, 0.25) is 5.02 Å². The number of thioether (sulfide) groups is 1. The van der Waals surface area contributed by atoms with Crippen molar-refractivity contribution in [1.82, 2.24) is 0 Å². The van der Waals surface area contributed by atoms with Crippen LogP contribution in [0.1, 0.15) is 5.56 Å². The van der Waals surface area contributed by atoms with Crippen molar-refractivity contribution in [3.8, 4) is 0 Å². The topological polar surface area (TPSA) is 38.0 Å². The van der Waals surface area contributed by atoms with Gasteiger partial charge in [0.1, 0.15) is 4.99 Å². The fraction of sp³-hybridized carbons (Fsp3) is 0.0714. The maximum atomic E-state index is 6.01. The van der Waals surface area contributed by atoms with E-state index in [1.54, 1.807) is 17.8 Å². The van der Waals surface area contributed by atoms with Crippen LogP contribution in [0.5, 0.6) is 0 Å². The molecule has 3 N–H and O–H groups in total. The molecule has 0 spiro atoms. The van der Waals surface area contributed by atoms with Crippen molar-refractivity contribution < 1.29 is 0 Å². The van der Waals surface area contributed by atoms with Gasteiger partial charge in [-0.25, -0.2) is 0 Å². The highest BCUT2D eigenvalue weighted by Crippen LogP contribution is 2.26. The number of halogens is 1. The first kappa shape index (κ1) is 14.2. The first-order valence-electron chi connectivity index (χ1n) is 5.60. The Kier molecular flexibility index (Phi) is 4.69. The minimum Gasteiger partial charge on any atom is -0.389 e. The molecular formula is C14H13ClN2S2. The van der Waals surface area contributed by atoms with Gasteiger partial charge in [0.2, 0.25) is 0 Å². The van der Waals surface area contributed by atoms with Crippen molar-refractivity contribution in [2.24, 2.45) is 5.73 Å². The summed E-state index contributed by atoms with van der Waals surface area (Å²) in [6.07, 6.45) is 2.05. The first-order chi connectivity index (χ1) is 9.10. The molecule has 0 aliphatic rings. The fourth-order valence-electron chi connectivity index (χ4n) is 1.66. The van der Waals surface area contributed by atoms with E-state index in [1.165, 1.54) is 4.90 Å². The normalized spacial score (nSPS) is 10.2. The van der Waals surface area contributed by atoms with Gasteiger partial charge < -0.3 is 11.1 Å². The molecule has 0 fully saturated rings. The highest BCUT2D eigenvalue weighted by atomic mass is 35.5. The number of benzene rings is 2. The minimum atomic E-state index is 0.347. The summed E-state index contributed by atoms with van der Waals surface area (Å²) in [6.45, 7) is 0. The number of anilines is 2. The van der Waals surface area contributed by atoms with Gasteiger partial charge in [-0.05, 0) is 48.7 Å². The molecule has 2 rings (SSSR count). The van der Waals surface area contributed by atoms with Gasteiger partial charge in [0.15, 0.2) is 0 Å². The lowest BCUT2D eigenvalue weighted by Crippen LogP contribution is -2.11. The number of nitrogens with one attached hydrogen (secondary N) is 1. The van der Waals surface area contributed by atoms with Gasteiger partial charge in [0.05, 0.1) is 5.69 Å². The minimum absolute atomic E-state index is 0.347. The van der Waals surface area contributed by atoms with Gasteiger partial charge in [-0.15, -0.1) is 11.8 Å². The average Bonchev–Trinajstić information content (AvgIpc) is 2.39. The molecule has 98 valence electrons. The van der Waals surface area contributed by atoms with Crippen LogP contribution in [0.3, 0.4) is 0 Å². The summed E-state index contributed by atoms with van der Waals surface area (Å²) in [5.41, 5.74) is 8.28. The number of hydrogen-bond donors (Lipinski definition) is 2. The summed E-state index contributed by atoms with van der Waals surface area (Å²) in [4.78, 5) is 1.56. The molecule has 0 heterocycles. The van der Waals surface area contributed by atoms with Crippen molar-refractivity contribution in [3.63, 3.8) is 0 Å². The quantitative estimate of drug-likeness (QED) is 0.647. The summed E-state index contributed by atoms with van der Waals surface area (Å²) in [5.74, 6) is 0. The van der Waals surface area contributed by atoms with Crippen molar-refractivity contribution in [2.45, 2.75) is 4.90 Å². The Balaban J connectivity index is 2.31. The lowest BCUT2D eigenvalue weighted by molar-refractivity contribution is 1.44. The summed E-state index contributed by atoms with van der Waals surface area (Å²) in [5, 5.41) is 3.93. The molecular weight excluding hydrogens is 296 g/mol. The second-order valence-electron chi connectivity index (χ2n) is 3.91. The van der Waals surface area contributed by atoms with E-state index in [1.807, 2.05) is 30.5 Å². The van der Waals surface area contributed by atoms with Crippen LogP contribution in [-0.4, -0.2) is 11.2 Å². The standard InChI is InChI=1S/C14H13ClN2S2/c1-19-11-5-3-10(4-6-11)17-13-8-9(15)2-7-12(13)14(16)18/h2-8,17H,1H3,(H2,16,18). The maximum absolute atomic E-state index is 6.01. The summed E-state index contributed by atoms with van der Waals surface area (Å²) in [6, 6.07) is 13.5. The van der Waals surface area contributed by atoms with Gasteiger partial charge in [0, 0.05) is 21.2 Å². The molecule has 2 aromatic rings. The Bertz CT molecular complexity index is 597. The van der Waals surface area contributed by atoms with Gasteiger partial charge in [-0.3, -0.25) is 0 Å². The zero-order valence-electron chi connectivity index (χ0n) is 10.3. The van der Waals surface area contributed by atoms with Gasteiger partial charge in [-0.1, -0.05) is 23.8 Å². The van der Waals surface area contributed by atoms with E-state index >= 15 is 0 Å². The molecule has 0 unspecified atom stereocenters. The van der Waals surface area contributed by atoms with E-state index in [4.69, 9.17) is 29.6 Å². The lowest BCUT2D eigenvalue weighted by Gasteiger charge is -2.12. The first-order valence-corrected chi connectivity index (χ1v) is 7.61. The molecule has 0 atom stereocenters. The van der Waals surface area contributed by atoms with Crippen LogP contribution in [0, 0.1) is 0 Å². The third-order valence-electron chi connectivity index (χ3n) is 2.62. The van der Waals surface area contributed by atoms with Crippen LogP contribution in [0.4, 0.5) is 11.4 Å². The molecule has 0 aliphatic carbocycles. The van der Waals surface area contributed by atoms with Crippen molar-refractivity contribution in [3.05, 3.63) is 53.1 Å². The van der Waals surface area contributed by atoms with Crippen LogP contribution in [0.15, 0.2) is 47.4 Å². The Morgan fingerprint density at radius 1 is 1.21 bits per heavy atom. The second-order valence-corrected chi connectivity index (χ2v) is 5.66. The van der Waals surface area contributed by atoms with Gasteiger partial charge in [0.25, 0.3) is 0 Å². The predicted octanol–water partition coefficient (Wildman–Crippen LogP) is 4.44. The number of nitrogens with two attached hydrogens (primary N) is 1. The van der Waals surface area contributed by atoms with Gasteiger partial charge in [-0.2, -0.15) is 0 Å². The fourth-order valence-corrected chi connectivity index (χ4v) is 2.42. The molecule has 0 saturated heterocycles. The van der Waals surface area contributed by atoms with Crippen LogP contribution >= 0.6 is 35.6 Å². The number of hydrogen-bond acceptors (Lipinski definition) is 3. The van der Waals surface area contributed by atoms with E-state index < -0.39 is 0 Å². The highest BCUT2D eigenvalue weighted by Gasteiger charge is 2.06. The third kappa shape index (κ3) is 3.62. The van der Waals surface area contributed by atoms with E-state index in [2.05, 4.69) is 17.4 Å². The van der Waals surface area contributed by atoms with Crippen molar-refractivity contribution in [2.75, 3.05) is 11.6 Å². The second kappa shape index (κ2) is 6.28. The molecule has 2 aromatic carbocycles.